The average Bonchev–Trinajstić information content (AvgIpc) is 2.94. The molecule has 0 unspecified atom stereocenters. The molecule has 8 nitrogen and oxygen atoms in total. The standard InChI is InChI=1S/C30H36ClN3O5S/c1-5-22(2)32-30(36)28(18-23-10-7-6-8-11-23)33(20-24-14-16-25(31)17-15-24)29(35)21-34(40(4,37)38)26-12-9-13-27(19-26)39-3/h6-17,19,22,28H,5,18,20-21H2,1-4H3,(H,32,36)/t22-,28-/m0/s1. The Hall–Kier alpha value is -3.56. The summed E-state index contributed by atoms with van der Waals surface area (Å²) in [5, 5.41) is 3.55. The lowest BCUT2D eigenvalue weighted by molar-refractivity contribution is -0.140. The number of anilines is 1. The van der Waals surface area contributed by atoms with E-state index in [2.05, 4.69) is 5.32 Å². The zero-order chi connectivity index (χ0) is 29.3. The number of methoxy groups -OCH3 is 1. The van der Waals surface area contributed by atoms with Gasteiger partial charge in [-0.05, 0) is 48.7 Å². The van der Waals surface area contributed by atoms with Crippen LogP contribution >= 0.6 is 11.6 Å². The third-order valence-corrected chi connectivity index (χ3v) is 7.95. The van der Waals surface area contributed by atoms with Gasteiger partial charge in [0.1, 0.15) is 18.3 Å². The Kier molecular flexibility index (Phi) is 11.0. The van der Waals surface area contributed by atoms with Crippen molar-refractivity contribution in [3.8, 4) is 5.75 Å². The predicted octanol–water partition coefficient (Wildman–Crippen LogP) is 4.67. The number of hydrogen-bond donors (Lipinski definition) is 1. The van der Waals surface area contributed by atoms with Gasteiger partial charge in [-0.3, -0.25) is 13.9 Å². The molecule has 0 spiro atoms. The largest absolute Gasteiger partial charge is 0.497 e. The smallest absolute Gasteiger partial charge is 0.244 e. The molecule has 0 fully saturated rings. The second kappa shape index (κ2) is 14.2. The predicted molar refractivity (Wildman–Crippen MR) is 159 cm³/mol. The van der Waals surface area contributed by atoms with Crippen LogP contribution in [0.5, 0.6) is 5.75 Å². The summed E-state index contributed by atoms with van der Waals surface area (Å²) in [6, 6.07) is 21.9. The molecule has 214 valence electrons. The molecule has 2 atom stereocenters. The Morgan fingerprint density at radius 2 is 1.65 bits per heavy atom. The van der Waals surface area contributed by atoms with Gasteiger partial charge in [0.05, 0.1) is 19.1 Å². The van der Waals surface area contributed by atoms with Crippen LogP contribution in [0.25, 0.3) is 0 Å². The molecule has 10 heteroatoms. The molecule has 0 aliphatic heterocycles. The molecule has 0 saturated carbocycles. The Morgan fingerprint density at radius 3 is 2.25 bits per heavy atom. The summed E-state index contributed by atoms with van der Waals surface area (Å²) in [7, 11) is -2.39. The van der Waals surface area contributed by atoms with E-state index in [1.807, 2.05) is 44.2 Å². The Labute approximate surface area is 241 Å². The number of carbonyl (C=O) groups excluding carboxylic acids is 2. The summed E-state index contributed by atoms with van der Waals surface area (Å²) in [4.78, 5) is 29.2. The van der Waals surface area contributed by atoms with Gasteiger partial charge >= 0.3 is 0 Å². The summed E-state index contributed by atoms with van der Waals surface area (Å²) < 4.78 is 32.1. The second-order valence-corrected chi connectivity index (χ2v) is 12.0. The van der Waals surface area contributed by atoms with E-state index in [1.165, 1.54) is 12.0 Å². The number of ether oxygens (including phenoxy) is 1. The number of nitrogens with one attached hydrogen (secondary N) is 1. The van der Waals surface area contributed by atoms with E-state index >= 15 is 0 Å². The molecule has 2 amide bonds. The zero-order valence-corrected chi connectivity index (χ0v) is 24.8. The lowest BCUT2D eigenvalue weighted by atomic mass is 10.0. The minimum Gasteiger partial charge on any atom is -0.497 e. The molecule has 40 heavy (non-hydrogen) atoms. The summed E-state index contributed by atoms with van der Waals surface area (Å²) >= 11 is 6.09. The number of hydrogen-bond acceptors (Lipinski definition) is 5. The average molecular weight is 586 g/mol. The van der Waals surface area contributed by atoms with E-state index in [0.717, 1.165) is 21.7 Å². The van der Waals surface area contributed by atoms with Crippen LogP contribution < -0.4 is 14.4 Å². The molecule has 0 aliphatic carbocycles. The first-order chi connectivity index (χ1) is 19.0. The maximum Gasteiger partial charge on any atom is 0.244 e. The van der Waals surface area contributed by atoms with E-state index in [1.54, 1.807) is 48.5 Å². The fourth-order valence-corrected chi connectivity index (χ4v) is 5.13. The van der Waals surface area contributed by atoms with Crippen LogP contribution in [0.3, 0.4) is 0 Å². The summed E-state index contributed by atoms with van der Waals surface area (Å²) in [5.74, 6) is -0.386. The molecule has 3 aromatic carbocycles. The molecule has 0 radical (unpaired) electrons. The van der Waals surface area contributed by atoms with Crippen LogP contribution in [0.1, 0.15) is 31.4 Å². The van der Waals surface area contributed by atoms with Gasteiger partial charge in [-0.2, -0.15) is 0 Å². The minimum absolute atomic E-state index is 0.0805. The quantitative estimate of drug-likeness (QED) is 0.314. The molecule has 0 saturated heterocycles. The molecule has 3 rings (SSSR count). The Bertz CT molecular complexity index is 1380. The highest BCUT2D eigenvalue weighted by Crippen LogP contribution is 2.24. The number of sulfonamides is 1. The van der Waals surface area contributed by atoms with Crippen molar-refractivity contribution < 1.29 is 22.7 Å². The number of amides is 2. The summed E-state index contributed by atoms with van der Waals surface area (Å²) in [5.41, 5.74) is 1.90. The monoisotopic (exact) mass is 585 g/mol. The van der Waals surface area contributed by atoms with Crippen LogP contribution in [0.4, 0.5) is 5.69 Å². The number of carbonyl (C=O) groups is 2. The highest BCUT2D eigenvalue weighted by atomic mass is 35.5. The van der Waals surface area contributed by atoms with Crippen molar-refractivity contribution in [3.05, 3.63) is 95.0 Å². The number of nitrogens with zero attached hydrogens (tertiary/aromatic N) is 2. The lowest BCUT2D eigenvalue weighted by Gasteiger charge is -2.34. The van der Waals surface area contributed by atoms with E-state index in [-0.39, 0.29) is 30.6 Å². The molecule has 0 heterocycles. The van der Waals surface area contributed by atoms with Crippen molar-refractivity contribution in [2.45, 2.75) is 45.3 Å². The van der Waals surface area contributed by atoms with Crippen molar-refractivity contribution in [1.29, 1.82) is 0 Å². The fraction of sp³-hybridized carbons (Fsp3) is 0.333. The lowest BCUT2D eigenvalue weighted by Crippen LogP contribution is -2.54. The maximum absolute atomic E-state index is 14.1. The molecule has 0 aromatic heterocycles. The van der Waals surface area contributed by atoms with Crippen LogP contribution in [0.15, 0.2) is 78.9 Å². The Morgan fingerprint density at radius 1 is 0.975 bits per heavy atom. The third-order valence-electron chi connectivity index (χ3n) is 6.56. The number of rotatable bonds is 13. The second-order valence-electron chi connectivity index (χ2n) is 9.64. The van der Waals surface area contributed by atoms with Crippen molar-refractivity contribution in [1.82, 2.24) is 10.2 Å². The number of benzene rings is 3. The topological polar surface area (TPSA) is 96.0 Å². The van der Waals surface area contributed by atoms with Gasteiger partial charge < -0.3 is 15.0 Å². The first-order valence-electron chi connectivity index (χ1n) is 13.0. The van der Waals surface area contributed by atoms with Crippen molar-refractivity contribution in [2.24, 2.45) is 0 Å². The van der Waals surface area contributed by atoms with Crippen molar-refractivity contribution >= 4 is 39.1 Å². The summed E-state index contributed by atoms with van der Waals surface area (Å²) in [6.45, 7) is 3.45. The van der Waals surface area contributed by atoms with Crippen molar-refractivity contribution in [2.75, 3.05) is 24.2 Å². The highest BCUT2D eigenvalue weighted by molar-refractivity contribution is 7.92. The molecule has 0 bridgehead atoms. The summed E-state index contributed by atoms with van der Waals surface area (Å²) in [6.07, 6.45) is 2.01. The van der Waals surface area contributed by atoms with Gasteiger partial charge in [-0.1, -0.05) is 67.1 Å². The highest BCUT2D eigenvalue weighted by Gasteiger charge is 2.33. The maximum atomic E-state index is 14.1. The van der Waals surface area contributed by atoms with Gasteiger partial charge in [0.2, 0.25) is 21.8 Å². The van der Waals surface area contributed by atoms with Gasteiger partial charge in [0.25, 0.3) is 0 Å². The molecular weight excluding hydrogens is 550 g/mol. The van der Waals surface area contributed by atoms with E-state index in [4.69, 9.17) is 16.3 Å². The minimum atomic E-state index is -3.87. The molecule has 0 aliphatic rings. The van der Waals surface area contributed by atoms with E-state index < -0.39 is 28.5 Å². The van der Waals surface area contributed by atoms with Crippen LogP contribution in [-0.2, 0) is 32.6 Å². The van der Waals surface area contributed by atoms with E-state index in [9.17, 15) is 18.0 Å². The Balaban J connectivity index is 2.06. The third kappa shape index (κ3) is 8.72. The van der Waals surface area contributed by atoms with Gasteiger partial charge in [-0.15, -0.1) is 0 Å². The fourth-order valence-electron chi connectivity index (χ4n) is 4.16. The van der Waals surface area contributed by atoms with Crippen LogP contribution in [0.2, 0.25) is 5.02 Å². The van der Waals surface area contributed by atoms with Gasteiger partial charge in [0.15, 0.2) is 0 Å². The zero-order valence-electron chi connectivity index (χ0n) is 23.2. The molecule has 3 aromatic rings. The molecule has 1 N–H and O–H groups in total. The van der Waals surface area contributed by atoms with E-state index in [0.29, 0.717) is 17.2 Å². The van der Waals surface area contributed by atoms with Gasteiger partial charge in [0, 0.05) is 30.1 Å². The van der Waals surface area contributed by atoms with Crippen molar-refractivity contribution in [3.63, 3.8) is 0 Å². The number of halogens is 1. The molecular formula is C30H36ClN3O5S. The van der Waals surface area contributed by atoms with Gasteiger partial charge in [-0.25, -0.2) is 8.42 Å². The van der Waals surface area contributed by atoms with Crippen LogP contribution in [0, 0.1) is 0 Å². The normalized spacial score (nSPS) is 12.7. The first kappa shape index (κ1) is 31.0. The SMILES string of the molecule is CC[C@H](C)NC(=O)[C@H](Cc1ccccc1)N(Cc1ccc(Cl)cc1)C(=O)CN(c1cccc(OC)c1)S(C)(=O)=O. The van der Waals surface area contributed by atoms with Crippen LogP contribution in [-0.4, -0.2) is 57.1 Å². The first-order valence-corrected chi connectivity index (χ1v) is 15.2.